The molecular weight excluding hydrogens is 280 g/mol. The van der Waals surface area contributed by atoms with E-state index in [1.807, 2.05) is 12.1 Å². The van der Waals surface area contributed by atoms with E-state index in [4.69, 9.17) is 4.74 Å². The van der Waals surface area contributed by atoms with Crippen LogP contribution in [0.15, 0.2) is 22.7 Å². The number of benzene rings is 1. The zero-order valence-electron chi connectivity index (χ0n) is 10.8. The molecule has 3 heteroatoms. The molecule has 0 aliphatic rings. The molecule has 1 rings (SSSR count). The molecule has 0 spiro atoms. The molecule has 0 saturated carbocycles. The van der Waals surface area contributed by atoms with Gasteiger partial charge in [-0.15, -0.1) is 0 Å². The molecule has 1 atom stereocenters. The van der Waals surface area contributed by atoms with Gasteiger partial charge in [-0.3, -0.25) is 4.79 Å². The first-order valence-corrected chi connectivity index (χ1v) is 6.66. The molecule has 1 unspecified atom stereocenters. The lowest BCUT2D eigenvalue weighted by molar-refractivity contribution is 0.101. The van der Waals surface area contributed by atoms with E-state index in [1.165, 1.54) is 0 Å². The van der Waals surface area contributed by atoms with E-state index >= 15 is 0 Å². The van der Waals surface area contributed by atoms with Crippen molar-refractivity contribution in [2.45, 2.75) is 40.2 Å². The van der Waals surface area contributed by atoms with Crippen LogP contribution in [0.4, 0.5) is 0 Å². The van der Waals surface area contributed by atoms with Crippen molar-refractivity contribution in [3.8, 4) is 5.75 Å². The molecule has 94 valence electrons. The van der Waals surface area contributed by atoms with Crippen LogP contribution in [0.5, 0.6) is 5.75 Å². The molecule has 1 aromatic carbocycles. The van der Waals surface area contributed by atoms with Crippen molar-refractivity contribution in [3.63, 3.8) is 0 Å². The summed E-state index contributed by atoms with van der Waals surface area (Å²) in [5.41, 5.74) is 0.689. The van der Waals surface area contributed by atoms with E-state index in [0.29, 0.717) is 11.5 Å². The summed E-state index contributed by atoms with van der Waals surface area (Å²) >= 11 is 3.39. The first-order chi connectivity index (χ1) is 7.90. The maximum absolute atomic E-state index is 11.3. The van der Waals surface area contributed by atoms with Gasteiger partial charge in [0.25, 0.3) is 0 Å². The molecule has 2 nitrogen and oxygen atoms in total. The smallest absolute Gasteiger partial charge is 0.160 e. The van der Waals surface area contributed by atoms with E-state index in [9.17, 15) is 4.79 Å². The van der Waals surface area contributed by atoms with Crippen LogP contribution in [0.3, 0.4) is 0 Å². The Balaban J connectivity index is 2.74. The highest BCUT2D eigenvalue weighted by molar-refractivity contribution is 9.10. The number of hydrogen-bond acceptors (Lipinski definition) is 2. The van der Waals surface area contributed by atoms with Gasteiger partial charge in [-0.1, -0.05) is 13.8 Å². The monoisotopic (exact) mass is 298 g/mol. The van der Waals surface area contributed by atoms with Crippen molar-refractivity contribution in [2.75, 3.05) is 0 Å². The van der Waals surface area contributed by atoms with Gasteiger partial charge in [0, 0.05) is 10.0 Å². The fourth-order valence-electron chi connectivity index (χ4n) is 1.80. The summed E-state index contributed by atoms with van der Waals surface area (Å²) in [4.78, 5) is 11.3. The lowest BCUT2D eigenvalue weighted by Gasteiger charge is -2.17. The van der Waals surface area contributed by atoms with E-state index < -0.39 is 0 Å². The highest BCUT2D eigenvalue weighted by Crippen LogP contribution is 2.25. The Bertz CT molecular complexity index is 399. The van der Waals surface area contributed by atoms with Crippen LogP contribution in [0.25, 0.3) is 0 Å². The maximum Gasteiger partial charge on any atom is 0.160 e. The number of carbonyl (C=O) groups is 1. The van der Waals surface area contributed by atoms with Crippen LogP contribution < -0.4 is 4.74 Å². The average Bonchev–Trinajstić information content (AvgIpc) is 2.15. The first-order valence-electron chi connectivity index (χ1n) is 5.87. The van der Waals surface area contributed by atoms with Crippen LogP contribution in [0.2, 0.25) is 0 Å². The van der Waals surface area contributed by atoms with Crippen molar-refractivity contribution < 1.29 is 9.53 Å². The van der Waals surface area contributed by atoms with E-state index in [0.717, 1.165) is 16.6 Å². The summed E-state index contributed by atoms with van der Waals surface area (Å²) in [6.07, 6.45) is 1.21. The molecule has 0 bridgehead atoms. The van der Waals surface area contributed by atoms with Crippen LogP contribution in [-0.2, 0) is 0 Å². The van der Waals surface area contributed by atoms with E-state index in [-0.39, 0.29) is 11.9 Å². The summed E-state index contributed by atoms with van der Waals surface area (Å²) in [6, 6.07) is 5.50. The van der Waals surface area contributed by atoms with Gasteiger partial charge in [0.2, 0.25) is 0 Å². The second-order valence-electron chi connectivity index (χ2n) is 4.76. The lowest BCUT2D eigenvalue weighted by Crippen LogP contribution is -2.14. The predicted octanol–water partition coefficient (Wildman–Crippen LogP) is 4.47. The van der Waals surface area contributed by atoms with Gasteiger partial charge < -0.3 is 4.74 Å². The topological polar surface area (TPSA) is 26.3 Å². The van der Waals surface area contributed by atoms with Gasteiger partial charge >= 0.3 is 0 Å². The molecule has 17 heavy (non-hydrogen) atoms. The molecular formula is C14H19BrO2. The zero-order valence-corrected chi connectivity index (χ0v) is 12.4. The SMILES string of the molecule is CC(=O)c1ccc(OC(C)CC(C)C)cc1Br. The van der Waals surface area contributed by atoms with Crippen molar-refractivity contribution >= 4 is 21.7 Å². The number of carbonyl (C=O) groups excluding carboxylic acids is 1. The molecule has 0 saturated heterocycles. The van der Waals surface area contributed by atoms with Crippen molar-refractivity contribution in [1.82, 2.24) is 0 Å². The summed E-state index contributed by atoms with van der Waals surface area (Å²) in [7, 11) is 0. The number of halogens is 1. The minimum atomic E-state index is 0.0543. The van der Waals surface area contributed by atoms with Gasteiger partial charge in [-0.25, -0.2) is 0 Å². The summed E-state index contributed by atoms with van der Waals surface area (Å²) in [5.74, 6) is 1.47. The van der Waals surface area contributed by atoms with Gasteiger partial charge in [-0.05, 0) is 60.3 Å². The Hall–Kier alpha value is -0.830. The number of Topliss-reactive ketones (excluding diaryl/α,β-unsaturated/α-hetero) is 1. The van der Waals surface area contributed by atoms with Gasteiger partial charge in [0.15, 0.2) is 5.78 Å². The van der Waals surface area contributed by atoms with Crippen LogP contribution in [0, 0.1) is 5.92 Å². The fourth-order valence-corrected chi connectivity index (χ4v) is 2.44. The zero-order chi connectivity index (χ0) is 13.0. The normalized spacial score (nSPS) is 12.6. The second-order valence-corrected chi connectivity index (χ2v) is 5.61. The lowest BCUT2D eigenvalue weighted by atomic mass is 10.1. The van der Waals surface area contributed by atoms with Crippen molar-refractivity contribution in [1.29, 1.82) is 0 Å². The second kappa shape index (κ2) is 6.20. The van der Waals surface area contributed by atoms with Gasteiger partial charge in [0.1, 0.15) is 5.75 Å². The minimum absolute atomic E-state index is 0.0543. The van der Waals surface area contributed by atoms with Crippen LogP contribution in [0.1, 0.15) is 44.5 Å². The molecule has 0 N–H and O–H groups in total. The molecule has 0 aliphatic carbocycles. The number of rotatable bonds is 5. The van der Waals surface area contributed by atoms with Crippen molar-refractivity contribution in [3.05, 3.63) is 28.2 Å². The number of ether oxygens (including phenoxy) is 1. The minimum Gasteiger partial charge on any atom is -0.491 e. The van der Waals surface area contributed by atoms with Gasteiger partial charge in [0.05, 0.1) is 6.10 Å². The predicted molar refractivity (Wildman–Crippen MR) is 73.7 cm³/mol. The first kappa shape index (κ1) is 14.2. The van der Waals surface area contributed by atoms with E-state index in [2.05, 4.69) is 36.7 Å². The largest absolute Gasteiger partial charge is 0.491 e. The Kier molecular flexibility index (Phi) is 5.19. The number of hydrogen-bond donors (Lipinski definition) is 0. The highest BCUT2D eigenvalue weighted by Gasteiger charge is 2.10. The third-order valence-electron chi connectivity index (χ3n) is 2.46. The van der Waals surface area contributed by atoms with Gasteiger partial charge in [-0.2, -0.15) is 0 Å². The maximum atomic E-state index is 11.3. The molecule has 0 amide bonds. The fraction of sp³-hybridized carbons (Fsp3) is 0.500. The molecule has 0 aromatic heterocycles. The molecule has 0 fully saturated rings. The summed E-state index contributed by atoms with van der Waals surface area (Å²) in [5, 5.41) is 0. The van der Waals surface area contributed by atoms with Crippen LogP contribution in [-0.4, -0.2) is 11.9 Å². The highest BCUT2D eigenvalue weighted by atomic mass is 79.9. The third-order valence-corrected chi connectivity index (χ3v) is 3.12. The van der Waals surface area contributed by atoms with Crippen molar-refractivity contribution in [2.24, 2.45) is 5.92 Å². The Morgan fingerprint density at radius 3 is 2.47 bits per heavy atom. The Morgan fingerprint density at radius 2 is 2.00 bits per heavy atom. The molecule has 1 aromatic rings. The van der Waals surface area contributed by atoms with Crippen LogP contribution >= 0.6 is 15.9 Å². The summed E-state index contributed by atoms with van der Waals surface area (Å²) in [6.45, 7) is 7.97. The molecule has 0 heterocycles. The molecule has 0 aliphatic heterocycles. The quantitative estimate of drug-likeness (QED) is 0.750. The Morgan fingerprint density at radius 1 is 1.35 bits per heavy atom. The standard InChI is InChI=1S/C14H19BrO2/c1-9(2)7-10(3)17-12-5-6-13(11(4)16)14(15)8-12/h5-6,8-10H,7H2,1-4H3. The van der Waals surface area contributed by atoms with E-state index in [1.54, 1.807) is 13.0 Å². The Labute approximate surface area is 111 Å². The average molecular weight is 299 g/mol. The molecule has 0 radical (unpaired) electrons. The summed E-state index contributed by atoms with van der Waals surface area (Å²) < 4.78 is 6.59. The third kappa shape index (κ3) is 4.50. The number of ketones is 1.